The van der Waals surface area contributed by atoms with Crippen molar-refractivity contribution in [2.24, 2.45) is 0 Å². The molecule has 4 aromatic rings. The molecule has 2 aromatic carbocycles. The lowest BCUT2D eigenvalue weighted by molar-refractivity contribution is -0.113. The first kappa shape index (κ1) is 21.7. The lowest BCUT2D eigenvalue weighted by atomic mass is 10.1. The number of hydrogen-bond acceptors (Lipinski definition) is 7. The molecule has 0 aliphatic rings. The van der Waals surface area contributed by atoms with Gasteiger partial charge in [0.15, 0.2) is 0 Å². The minimum Gasteiger partial charge on any atom is -0.497 e. The SMILES string of the molecule is COc1ccc(-c2cc(-c3nnc(SCC(=O)Nc4cc(Cl)ccc4C)n3N)[nH]n2)cc1. The molecule has 0 bridgehead atoms. The third-order valence-corrected chi connectivity index (χ3v) is 5.85. The summed E-state index contributed by atoms with van der Waals surface area (Å²) in [5.41, 5.74) is 3.84. The van der Waals surface area contributed by atoms with E-state index in [2.05, 4.69) is 25.7 Å². The molecule has 2 heterocycles. The van der Waals surface area contributed by atoms with Crippen LogP contribution in [0.5, 0.6) is 5.75 Å². The maximum absolute atomic E-state index is 12.3. The van der Waals surface area contributed by atoms with Crippen molar-refractivity contribution in [3.05, 3.63) is 59.1 Å². The van der Waals surface area contributed by atoms with Crippen LogP contribution < -0.4 is 15.9 Å². The van der Waals surface area contributed by atoms with Crippen LogP contribution >= 0.6 is 23.4 Å². The minimum absolute atomic E-state index is 0.112. The fraction of sp³-hybridized carbons (Fsp3) is 0.143. The summed E-state index contributed by atoms with van der Waals surface area (Å²) >= 11 is 7.18. The van der Waals surface area contributed by atoms with E-state index in [0.29, 0.717) is 27.4 Å². The fourth-order valence-corrected chi connectivity index (χ4v) is 3.78. The number of methoxy groups -OCH3 is 1. The van der Waals surface area contributed by atoms with E-state index >= 15 is 0 Å². The zero-order valence-corrected chi connectivity index (χ0v) is 18.9. The zero-order valence-electron chi connectivity index (χ0n) is 17.3. The molecule has 0 aliphatic carbocycles. The Hall–Kier alpha value is -3.50. The van der Waals surface area contributed by atoms with Gasteiger partial charge in [-0.1, -0.05) is 29.4 Å². The number of benzene rings is 2. The summed E-state index contributed by atoms with van der Waals surface area (Å²) in [5, 5.41) is 19.3. The van der Waals surface area contributed by atoms with E-state index in [1.165, 1.54) is 16.4 Å². The number of nitrogens with one attached hydrogen (secondary N) is 2. The summed E-state index contributed by atoms with van der Waals surface area (Å²) in [6, 6.07) is 14.7. The fourth-order valence-electron chi connectivity index (χ4n) is 2.95. The lowest BCUT2D eigenvalue weighted by Crippen LogP contribution is -2.17. The van der Waals surface area contributed by atoms with Crippen LogP contribution in [0, 0.1) is 6.92 Å². The number of amides is 1. The molecule has 0 unspecified atom stereocenters. The number of halogens is 1. The number of carbonyl (C=O) groups excluding carboxylic acids is 1. The quantitative estimate of drug-likeness (QED) is 0.278. The average molecular weight is 470 g/mol. The molecule has 0 saturated carbocycles. The number of nitrogen functional groups attached to an aromatic ring is 1. The summed E-state index contributed by atoms with van der Waals surface area (Å²) in [4.78, 5) is 12.3. The van der Waals surface area contributed by atoms with Gasteiger partial charge in [-0.25, -0.2) is 4.68 Å². The molecule has 0 fully saturated rings. The minimum atomic E-state index is -0.201. The number of aromatic nitrogens is 5. The number of ether oxygens (including phenoxy) is 1. The number of rotatable bonds is 7. The molecule has 0 aliphatic heterocycles. The highest BCUT2D eigenvalue weighted by Crippen LogP contribution is 2.26. The van der Waals surface area contributed by atoms with Crippen LogP contribution in [0.3, 0.4) is 0 Å². The van der Waals surface area contributed by atoms with Crippen molar-refractivity contribution >= 4 is 35.0 Å². The number of carbonyl (C=O) groups is 1. The predicted octanol–water partition coefficient (Wildman–Crippen LogP) is 3.75. The van der Waals surface area contributed by atoms with Gasteiger partial charge in [-0.15, -0.1) is 10.2 Å². The standard InChI is InChI=1S/C21H20ClN7O2S/c1-12-3-6-14(22)9-16(12)24-19(30)11-32-21-28-27-20(29(21)23)18-10-17(25-26-18)13-4-7-15(31-2)8-5-13/h3-10H,11,23H2,1-2H3,(H,24,30)(H,25,26). The third kappa shape index (κ3) is 4.71. The highest BCUT2D eigenvalue weighted by atomic mass is 35.5. The summed E-state index contributed by atoms with van der Waals surface area (Å²) in [6.45, 7) is 1.90. The molecule has 0 radical (unpaired) electrons. The van der Waals surface area contributed by atoms with E-state index in [1.807, 2.05) is 43.3 Å². The monoisotopic (exact) mass is 469 g/mol. The predicted molar refractivity (Wildman–Crippen MR) is 125 cm³/mol. The van der Waals surface area contributed by atoms with Crippen LogP contribution in [0.2, 0.25) is 5.02 Å². The maximum Gasteiger partial charge on any atom is 0.234 e. The van der Waals surface area contributed by atoms with Gasteiger partial charge in [-0.3, -0.25) is 9.89 Å². The highest BCUT2D eigenvalue weighted by Gasteiger charge is 2.17. The number of nitrogens with zero attached hydrogens (tertiary/aromatic N) is 4. The van der Waals surface area contributed by atoms with Crippen molar-refractivity contribution < 1.29 is 9.53 Å². The Balaban J connectivity index is 1.43. The maximum atomic E-state index is 12.3. The summed E-state index contributed by atoms with van der Waals surface area (Å²) in [5.74, 6) is 7.25. The van der Waals surface area contributed by atoms with Crippen molar-refractivity contribution in [3.8, 4) is 28.5 Å². The Morgan fingerprint density at radius 1 is 1.22 bits per heavy atom. The number of thioether (sulfide) groups is 1. The van der Waals surface area contributed by atoms with E-state index in [-0.39, 0.29) is 11.7 Å². The molecule has 11 heteroatoms. The van der Waals surface area contributed by atoms with Crippen LogP contribution in [0.25, 0.3) is 22.8 Å². The highest BCUT2D eigenvalue weighted by molar-refractivity contribution is 7.99. The molecule has 0 spiro atoms. The summed E-state index contributed by atoms with van der Waals surface area (Å²) in [7, 11) is 1.62. The zero-order chi connectivity index (χ0) is 22.7. The van der Waals surface area contributed by atoms with E-state index < -0.39 is 0 Å². The largest absolute Gasteiger partial charge is 0.497 e. The van der Waals surface area contributed by atoms with Crippen LogP contribution in [0.15, 0.2) is 53.7 Å². The number of anilines is 1. The van der Waals surface area contributed by atoms with Gasteiger partial charge in [0.25, 0.3) is 0 Å². The number of nitrogens with two attached hydrogens (primary N) is 1. The second kappa shape index (κ2) is 9.33. The Morgan fingerprint density at radius 3 is 2.75 bits per heavy atom. The van der Waals surface area contributed by atoms with E-state index in [1.54, 1.807) is 19.2 Å². The van der Waals surface area contributed by atoms with Crippen molar-refractivity contribution in [2.45, 2.75) is 12.1 Å². The molecule has 0 atom stereocenters. The van der Waals surface area contributed by atoms with Crippen molar-refractivity contribution in [3.63, 3.8) is 0 Å². The molecule has 4 N–H and O–H groups in total. The molecule has 0 saturated heterocycles. The van der Waals surface area contributed by atoms with Gasteiger partial charge in [0, 0.05) is 16.3 Å². The Bertz CT molecular complexity index is 1250. The van der Waals surface area contributed by atoms with Crippen LogP contribution in [0.4, 0.5) is 5.69 Å². The van der Waals surface area contributed by atoms with Gasteiger partial charge in [0.05, 0.1) is 18.6 Å². The van der Waals surface area contributed by atoms with E-state index in [0.717, 1.165) is 22.6 Å². The second-order valence-corrected chi connectivity index (χ2v) is 8.25. The van der Waals surface area contributed by atoms with Gasteiger partial charge in [-0.2, -0.15) is 5.10 Å². The average Bonchev–Trinajstić information content (AvgIpc) is 3.42. The first-order valence-electron chi connectivity index (χ1n) is 9.54. The smallest absolute Gasteiger partial charge is 0.234 e. The first-order chi connectivity index (χ1) is 15.4. The normalized spacial score (nSPS) is 10.8. The van der Waals surface area contributed by atoms with Crippen LogP contribution in [-0.4, -0.2) is 43.8 Å². The van der Waals surface area contributed by atoms with E-state index in [9.17, 15) is 4.79 Å². The van der Waals surface area contributed by atoms with Crippen LogP contribution in [-0.2, 0) is 4.79 Å². The second-order valence-electron chi connectivity index (χ2n) is 6.87. The van der Waals surface area contributed by atoms with Crippen molar-refractivity contribution in [1.29, 1.82) is 0 Å². The topological polar surface area (TPSA) is 124 Å². The van der Waals surface area contributed by atoms with Crippen molar-refractivity contribution in [2.75, 3.05) is 24.0 Å². The van der Waals surface area contributed by atoms with Gasteiger partial charge in [-0.05, 0) is 55.0 Å². The number of H-pyrrole nitrogens is 1. The Morgan fingerprint density at radius 2 is 2.00 bits per heavy atom. The van der Waals surface area contributed by atoms with E-state index in [4.69, 9.17) is 22.2 Å². The third-order valence-electron chi connectivity index (χ3n) is 4.68. The molecule has 164 valence electrons. The van der Waals surface area contributed by atoms with Gasteiger partial charge >= 0.3 is 0 Å². The molecule has 4 rings (SSSR count). The summed E-state index contributed by atoms with van der Waals surface area (Å²) < 4.78 is 6.51. The molecule has 2 aromatic heterocycles. The summed E-state index contributed by atoms with van der Waals surface area (Å²) in [6.07, 6.45) is 0. The molecule has 1 amide bonds. The molecule has 32 heavy (non-hydrogen) atoms. The number of aromatic amines is 1. The molecular formula is C21H20ClN7O2S. The van der Waals surface area contributed by atoms with Crippen LogP contribution in [0.1, 0.15) is 5.56 Å². The van der Waals surface area contributed by atoms with Crippen molar-refractivity contribution in [1.82, 2.24) is 25.1 Å². The Labute approximate surface area is 193 Å². The number of aryl methyl sites for hydroxylation is 1. The first-order valence-corrected chi connectivity index (χ1v) is 10.9. The van der Waals surface area contributed by atoms with Gasteiger partial charge < -0.3 is 15.9 Å². The number of hydrogen-bond donors (Lipinski definition) is 3. The van der Waals surface area contributed by atoms with Gasteiger partial charge in [0.2, 0.25) is 16.9 Å². The Kier molecular flexibility index (Phi) is 6.33. The molecular weight excluding hydrogens is 450 g/mol. The van der Waals surface area contributed by atoms with Gasteiger partial charge in [0.1, 0.15) is 11.4 Å². The molecule has 9 nitrogen and oxygen atoms in total. The lowest BCUT2D eigenvalue weighted by Gasteiger charge is -2.08.